The summed E-state index contributed by atoms with van der Waals surface area (Å²) in [6.07, 6.45) is 0. The highest BCUT2D eigenvalue weighted by molar-refractivity contribution is 6.42. The molecule has 1 aromatic heterocycles. The van der Waals surface area contributed by atoms with Gasteiger partial charge in [0.1, 0.15) is 10.8 Å². The summed E-state index contributed by atoms with van der Waals surface area (Å²) >= 11 is 11.6. The second kappa shape index (κ2) is 5.71. The maximum atomic E-state index is 13.2. The molecule has 0 radical (unpaired) electrons. The van der Waals surface area contributed by atoms with Crippen LogP contribution in [0.4, 0.5) is 15.8 Å². The van der Waals surface area contributed by atoms with Crippen molar-refractivity contribution in [2.45, 2.75) is 0 Å². The number of halogens is 3. The van der Waals surface area contributed by atoms with Crippen LogP contribution in [0.3, 0.4) is 0 Å². The number of nitrogens with zero attached hydrogens (tertiary/aromatic N) is 2. The van der Waals surface area contributed by atoms with E-state index in [0.717, 1.165) is 12.1 Å². The molecule has 0 atom stereocenters. The molecule has 0 saturated heterocycles. The number of carbonyl (C=O) groups is 1. The molecule has 0 saturated carbocycles. The third kappa shape index (κ3) is 2.98. The SMILES string of the molecule is Cn1c(C(=O)Nc2ccc(F)c([N+](=O)[O-])c2)cc(Cl)c1Cl. The first-order valence-electron chi connectivity index (χ1n) is 5.57. The van der Waals surface area contributed by atoms with Gasteiger partial charge in [-0.2, -0.15) is 4.39 Å². The molecule has 1 amide bonds. The lowest BCUT2D eigenvalue weighted by molar-refractivity contribution is -0.387. The Bertz CT molecular complexity index is 746. The number of aromatic nitrogens is 1. The van der Waals surface area contributed by atoms with E-state index in [9.17, 15) is 19.3 Å². The summed E-state index contributed by atoms with van der Waals surface area (Å²) in [5.41, 5.74) is -0.478. The Labute approximate surface area is 128 Å². The number of rotatable bonds is 3. The predicted molar refractivity (Wildman–Crippen MR) is 76.4 cm³/mol. The zero-order valence-corrected chi connectivity index (χ0v) is 12.1. The number of nitrogens with one attached hydrogen (secondary N) is 1. The van der Waals surface area contributed by atoms with E-state index in [1.54, 1.807) is 0 Å². The smallest absolute Gasteiger partial charge is 0.306 e. The van der Waals surface area contributed by atoms with Crippen LogP contribution >= 0.6 is 23.2 Å². The zero-order valence-electron chi connectivity index (χ0n) is 10.6. The van der Waals surface area contributed by atoms with Crippen LogP contribution in [0.25, 0.3) is 0 Å². The van der Waals surface area contributed by atoms with Crippen molar-refractivity contribution < 1.29 is 14.1 Å². The number of nitro benzene ring substituents is 1. The fourth-order valence-corrected chi connectivity index (χ4v) is 2.06. The van der Waals surface area contributed by atoms with Gasteiger partial charge >= 0.3 is 5.69 Å². The summed E-state index contributed by atoms with van der Waals surface area (Å²) in [5, 5.41) is 13.4. The van der Waals surface area contributed by atoms with Gasteiger partial charge in [-0.05, 0) is 18.2 Å². The molecule has 0 aliphatic rings. The van der Waals surface area contributed by atoms with Crippen molar-refractivity contribution in [2.24, 2.45) is 7.05 Å². The standard InChI is InChI=1S/C12H8Cl2FN3O3/c1-17-10(5-7(13)11(17)14)12(19)16-6-2-3-8(15)9(4-6)18(20)21/h2-5H,1H3,(H,16,19). The van der Waals surface area contributed by atoms with Crippen molar-refractivity contribution in [3.63, 3.8) is 0 Å². The first-order valence-corrected chi connectivity index (χ1v) is 6.33. The number of nitro groups is 1. The van der Waals surface area contributed by atoms with Crippen molar-refractivity contribution >= 4 is 40.5 Å². The molecule has 1 heterocycles. The lowest BCUT2D eigenvalue weighted by atomic mass is 10.2. The molecule has 110 valence electrons. The summed E-state index contributed by atoms with van der Waals surface area (Å²) in [6, 6.07) is 4.40. The largest absolute Gasteiger partial charge is 0.329 e. The average molecular weight is 332 g/mol. The van der Waals surface area contributed by atoms with Crippen LogP contribution in [-0.4, -0.2) is 15.4 Å². The summed E-state index contributed by atoms with van der Waals surface area (Å²) in [4.78, 5) is 21.8. The molecule has 0 unspecified atom stereocenters. The number of benzene rings is 1. The molecule has 2 rings (SSSR count). The summed E-state index contributed by atoms with van der Waals surface area (Å²) < 4.78 is 14.6. The molecule has 0 bridgehead atoms. The van der Waals surface area contributed by atoms with Gasteiger partial charge in [0, 0.05) is 18.8 Å². The number of anilines is 1. The molecular weight excluding hydrogens is 324 g/mol. The first kappa shape index (κ1) is 15.3. The van der Waals surface area contributed by atoms with Gasteiger partial charge in [0.2, 0.25) is 5.82 Å². The van der Waals surface area contributed by atoms with Crippen LogP contribution in [-0.2, 0) is 7.05 Å². The van der Waals surface area contributed by atoms with Crippen molar-refractivity contribution in [3.8, 4) is 0 Å². The van der Waals surface area contributed by atoms with Crippen LogP contribution in [0.2, 0.25) is 10.2 Å². The van der Waals surface area contributed by atoms with Crippen molar-refractivity contribution in [1.82, 2.24) is 4.57 Å². The van der Waals surface area contributed by atoms with Crippen molar-refractivity contribution in [2.75, 3.05) is 5.32 Å². The third-order valence-electron chi connectivity index (χ3n) is 2.75. The molecule has 1 N–H and O–H groups in total. The maximum Gasteiger partial charge on any atom is 0.306 e. The number of amides is 1. The monoisotopic (exact) mass is 331 g/mol. The Morgan fingerprint density at radius 1 is 1.38 bits per heavy atom. The quantitative estimate of drug-likeness (QED) is 0.689. The fraction of sp³-hybridized carbons (Fsp3) is 0.0833. The Balaban J connectivity index is 2.29. The summed E-state index contributed by atoms with van der Waals surface area (Å²) in [6.45, 7) is 0. The molecule has 0 aliphatic heterocycles. The molecule has 0 fully saturated rings. The van der Waals surface area contributed by atoms with Crippen LogP contribution in [0.15, 0.2) is 24.3 Å². The van der Waals surface area contributed by atoms with E-state index in [1.165, 1.54) is 23.7 Å². The van der Waals surface area contributed by atoms with Gasteiger partial charge in [0.15, 0.2) is 0 Å². The van der Waals surface area contributed by atoms with E-state index in [-0.39, 0.29) is 21.6 Å². The first-order chi connectivity index (χ1) is 9.81. The van der Waals surface area contributed by atoms with Gasteiger partial charge in [-0.15, -0.1) is 0 Å². The minimum Gasteiger partial charge on any atom is -0.329 e. The molecule has 1 aromatic carbocycles. The molecule has 0 aliphatic carbocycles. The third-order valence-corrected chi connectivity index (χ3v) is 3.59. The van der Waals surface area contributed by atoms with E-state index >= 15 is 0 Å². The Hall–Kier alpha value is -2.12. The molecule has 21 heavy (non-hydrogen) atoms. The van der Waals surface area contributed by atoms with Crippen LogP contribution in [0.1, 0.15) is 10.5 Å². The predicted octanol–water partition coefficient (Wildman–Crippen LogP) is 3.63. The van der Waals surface area contributed by atoms with Gasteiger partial charge in [0.05, 0.1) is 9.95 Å². The second-order valence-corrected chi connectivity index (χ2v) is 4.87. The Morgan fingerprint density at radius 3 is 2.57 bits per heavy atom. The molecule has 9 heteroatoms. The van der Waals surface area contributed by atoms with Gasteiger partial charge in [-0.3, -0.25) is 14.9 Å². The number of hydrogen-bond acceptors (Lipinski definition) is 3. The highest BCUT2D eigenvalue weighted by atomic mass is 35.5. The van der Waals surface area contributed by atoms with Crippen molar-refractivity contribution in [3.05, 3.63) is 56.1 Å². The minimum absolute atomic E-state index is 0.0848. The summed E-state index contributed by atoms with van der Waals surface area (Å²) in [5.74, 6) is -1.56. The van der Waals surface area contributed by atoms with Crippen LogP contribution < -0.4 is 5.32 Å². The number of hydrogen-bond donors (Lipinski definition) is 1. The molecular formula is C12H8Cl2FN3O3. The fourth-order valence-electron chi connectivity index (χ4n) is 1.69. The van der Waals surface area contributed by atoms with Gasteiger partial charge in [0.25, 0.3) is 5.91 Å². The number of carbonyl (C=O) groups excluding carboxylic acids is 1. The molecule has 0 spiro atoms. The van der Waals surface area contributed by atoms with Gasteiger partial charge in [-0.25, -0.2) is 0 Å². The van der Waals surface area contributed by atoms with Crippen molar-refractivity contribution in [1.29, 1.82) is 0 Å². The highest BCUT2D eigenvalue weighted by Crippen LogP contribution is 2.26. The normalized spacial score (nSPS) is 10.5. The van der Waals surface area contributed by atoms with Gasteiger partial charge in [-0.1, -0.05) is 23.2 Å². The minimum atomic E-state index is -0.983. The topological polar surface area (TPSA) is 77.2 Å². The van der Waals surface area contributed by atoms with E-state index in [2.05, 4.69) is 5.32 Å². The van der Waals surface area contributed by atoms with Crippen LogP contribution in [0.5, 0.6) is 0 Å². The van der Waals surface area contributed by atoms with E-state index in [1.807, 2.05) is 0 Å². The van der Waals surface area contributed by atoms with E-state index in [0.29, 0.717) is 0 Å². The summed E-state index contributed by atoms with van der Waals surface area (Å²) in [7, 11) is 1.54. The molecule has 6 nitrogen and oxygen atoms in total. The lowest BCUT2D eigenvalue weighted by Crippen LogP contribution is -2.15. The maximum absolute atomic E-state index is 13.2. The zero-order chi connectivity index (χ0) is 15.7. The van der Waals surface area contributed by atoms with E-state index < -0.39 is 22.3 Å². The van der Waals surface area contributed by atoms with Gasteiger partial charge < -0.3 is 9.88 Å². The Morgan fingerprint density at radius 2 is 2.05 bits per heavy atom. The van der Waals surface area contributed by atoms with E-state index in [4.69, 9.17) is 23.2 Å². The lowest BCUT2D eigenvalue weighted by Gasteiger charge is -2.06. The average Bonchev–Trinajstić information content (AvgIpc) is 2.68. The Kier molecular flexibility index (Phi) is 4.15. The molecule has 2 aromatic rings. The second-order valence-electron chi connectivity index (χ2n) is 4.10. The van der Waals surface area contributed by atoms with Crippen LogP contribution in [0, 0.1) is 15.9 Å². The highest BCUT2D eigenvalue weighted by Gasteiger charge is 2.18.